The number of pyridine rings is 2. The van der Waals surface area contributed by atoms with Crippen LogP contribution in [0.1, 0.15) is 52.7 Å². The van der Waals surface area contributed by atoms with Gasteiger partial charge in [0.15, 0.2) is 5.82 Å². The molecular weight excluding hydrogens is 1060 g/mol. The fourth-order valence-electron chi connectivity index (χ4n) is 13.5. The Morgan fingerprint density at radius 2 is 0.828 bits per heavy atom. The summed E-state index contributed by atoms with van der Waals surface area (Å²) in [4.78, 5) is 20.2. The summed E-state index contributed by atoms with van der Waals surface area (Å²) in [6, 6.07) is 90.5. The summed E-state index contributed by atoms with van der Waals surface area (Å²) >= 11 is 0. The number of aromatic nitrogens is 3. The van der Waals surface area contributed by atoms with Crippen LogP contribution in [0.25, 0.3) is 72.1 Å². The Morgan fingerprint density at radius 1 is 0.345 bits per heavy atom. The van der Waals surface area contributed by atoms with E-state index in [0.717, 1.165) is 113 Å². The zero-order valence-corrected chi connectivity index (χ0v) is 49.6. The van der Waals surface area contributed by atoms with Crippen LogP contribution in [0.4, 0.5) is 57.0 Å². The van der Waals surface area contributed by atoms with Crippen molar-refractivity contribution in [1.82, 2.24) is 14.5 Å². The van der Waals surface area contributed by atoms with Crippen molar-refractivity contribution < 1.29 is 4.74 Å². The van der Waals surface area contributed by atoms with Gasteiger partial charge in [0.05, 0.1) is 56.5 Å². The molecule has 3 aromatic heterocycles. The van der Waals surface area contributed by atoms with Gasteiger partial charge in [-0.15, -0.1) is 0 Å². The van der Waals surface area contributed by atoms with Crippen LogP contribution < -0.4 is 24.3 Å². The molecule has 0 bridgehead atoms. The van der Waals surface area contributed by atoms with E-state index in [1.807, 2.05) is 18.5 Å². The lowest BCUT2D eigenvalue weighted by molar-refractivity contribution is 0.483. The van der Waals surface area contributed by atoms with Gasteiger partial charge in [-0.05, 0) is 135 Å². The number of hydrogen-bond donors (Lipinski definition) is 0. The fourth-order valence-corrected chi connectivity index (χ4v) is 13.5. The predicted octanol–water partition coefficient (Wildman–Crippen LogP) is 21.4. The minimum atomic E-state index is -0.282. The maximum Gasteiger partial charge on any atom is 0.158 e. The van der Waals surface area contributed by atoms with Gasteiger partial charge in [0, 0.05) is 63.2 Å². The molecule has 8 nitrogen and oxygen atoms in total. The molecule has 0 saturated heterocycles. The topological polar surface area (TPSA) is 52.9 Å². The average Bonchev–Trinajstić information content (AvgIpc) is 1.87. The fraction of sp³-hybridized carbons (Fsp3) is 0.114. The molecule has 0 saturated carbocycles. The van der Waals surface area contributed by atoms with E-state index in [-0.39, 0.29) is 10.8 Å². The third-order valence-corrected chi connectivity index (χ3v) is 17.7. The molecule has 0 spiro atoms. The molecule has 6 heterocycles. The number of anilines is 10. The summed E-state index contributed by atoms with van der Waals surface area (Å²) in [5.41, 5.74) is 23.1. The Morgan fingerprint density at radius 3 is 1.38 bits per heavy atom. The van der Waals surface area contributed by atoms with E-state index in [0.29, 0.717) is 12.4 Å². The van der Waals surface area contributed by atoms with Crippen LogP contribution in [0.2, 0.25) is 0 Å². The molecule has 3 aliphatic rings. The molecule has 8 heteroatoms. The van der Waals surface area contributed by atoms with Gasteiger partial charge in [-0.25, -0.2) is 9.97 Å². The SMILES string of the molecule is CC(C)(C)c1ccnc(-n2c3ccccc3c3ccc(Oc4cccc(N5CN(c6c(N7c8ccccc8-c8ccccc8-c8ccccc87)cc(C(C)(C)C)cc6N6c7ccccc7-c7ccccc7-c7ccccc76)c6cccnc65)c4)cc32)c1. The molecule has 10 aromatic carbocycles. The smallest absolute Gasteiger partial charge is 0.158 e. The first-order valence-electron chi connectivity index (χ1n) is 30.1. The number of para-hydroxylation sites is 5. The maximum absolute atomic E-state index is 7.00. The van der Waals surface area contributed by atoms with E-state index in [4.69, 9.17) is 14.7 Å². The summed E-state index contributed by atoms with van der Waals surface area (Å²) in [7, 11) is 0. The first-order valence-corrected chi connectivity index (χ1v) is 30.1. The van der Waals surface area contributed by atoms with Gasteiger partial charge >= 0.3 is 0 Å². The van der Waals surface area contributed by atoms with Gasteiger partial charge in [-0.3, -0.25) is 4.57 Å². The molecule has 0 N–H and O–H groups in total. The number of nitrogens with zero attached hydrogens (tertiary/aromatic N) is 7. The summed E-state index contributed by atoms with van der Waals surface area (Å²) < 4.78 is 9.26. The van der Waals surface area contributed by atoms with Gasteiger partial charge < -0.3 is 24.3 Å². The first kappa shape index (κ1) is 51.9. The number of hydrogen-bond acceptors (Lipinski definition) is 7. The molecule has 16 rings (SSSR count). The Bertz CT molecular complexity index is 4620. The lowest BCUT2D eigenvalue weighted by Crippen LogP contribution is -2.28. The number of rotatable bonds is 7. The van der Waals surface area contributed by atoms with Crippen molar-refractivity contribution in [2.45, 2.75) is 52.4 Å². The second kappa shape index (κ2) is 20.0. The number of ether oxygens (including phenoxy) is 1. The van der Waals surface area contributed by atoms with E-state index in [9.17, 15) is 0 Å². The standard InChI is InChI=1S/C79H63N7O/c1-78(2,3)51-42-44-80-75(47-51)86-70-38-20-15-33-64(70)65-41-40-55(49-72(65)86)87-54-24-21-23-53(48-54)82-50-83(71-39-22-43-81-77(71)82)76-73(84-66-34-16-11-29-60(66)56-25-7-8-26-57(56)61-30-12-17-35-67(61)84)45-52(79(4,5)6)46-74(76)85-68-36-18-13-31-62(68)58-27-9-10-28-59(58)63-32-14-19-37-69(63)85/h7-49H,50H2,1-6H3. The zero-order valence-electron chi connectivity index (χ0n) is 49.6. The van der Waals surface area contributed by atoms with Crippen molar-refractivity contribution in [1.29, 1.82) is 0 Å². The van der Waals surface area contributed by atoms with Gasteiger partial charge in [0.25, 0.3) is 0 Å². The quantitative estimate of drug-likeness (QED) is 0.158. The molecule has 0 unspecified atom stereocenters. The summed E-state index contributed by atoms with van der Waals surface area (Å²) in [5, 5.41) is 2.30. The van der Waals surface area contributed by atoms with Gasteiger partial charge in [0.2, 0.25) is 0 Å². The van der Waals surface area contributed by atoms with Crippen molar-refractivity contribution in [2.24, 2.45) is 0 Å². The van der Waals surface area contributed by atoms with Crippen molar-refractivity contribution in [3.8, 4) is 61.8 Å². The lowest BCUT2D eigenvalue weighted by atomic mass is 9.85. The van der Waals surface area contributed by atoms with E-state index in [1.54, 1.807) is 0 Å². The first-order chi connectivity index (χ1) is 42.4. The Kier molecular flexibility index (Phi) is 11.9. The Balaban J connectivity index is 0.901. The molecular formula is C79H63N7O. The van der Waals surface area contributed by atoms with Crippen LogP contribution in [-0.4, -0.2) is 21.2 Å². The largest absolute Gasteiger partial charge is 0.457 e. The molecule has 13 aromatic rings. The maximum atomic E-state index is 7.00. The van der Waals surface area contributed by atoms with Crippen LogP contribution in [0.3, 0.4) is 0 Å². The molecule has 87 heavy (non-hydrogen) atoms. The van der Waals surface area contributed by atoms with Crippen molar-refractivity contribution in [3.05, 3.63) is 272 Å². The third kappa shape index (κ3) is 8.49. The predicted molar refractivity (Wildman–Crippen MR) is 361 cm³/mol. The molecule has 420 valence electrons. The monoisotopic (exact) mass is 1130 g/mol. The van der Waals surface area contributed by atoms with Gasteiger partial charge in [0.1, 0.15) is 24.0 Å². The molecule has 0 fully saturated rings. The molecule has 3 aliphatic heterocycles. The second-order valence-corrected chi connectivity index (χ2v) is 25.1. The zero-order chi connectivity index (χ0) is 58.7. The highest BCUT2D eigenvalue weighted by Gasteiger charge is 2.39. The average molecular weight is 1130 g/mol. The van der Waals surface area contributed by atoms with Gasteiger partial charge in [-0.2, -0.15) is 0 Å². The highest BCUT2D eigenvalue weighted by atomic mass is 16.5. The summed E-state index contributed by atoms with van der Waals surface area (Å²) in [5.74, 6) is 3.16. The lowest BCUT2D eigenvalue weighted by Gasteiger charge is -2.38. The van der Waals surface area contributed by atoms with E-state index >= 15 is 0 Å². The van der Waals surface area contributed by atoms with Crippen molar-refractivity contribution in [2.75, 3.05) is 26.3 Å². The van der Waals surface area contributed by atoms with E-state index in [1.165, 1.54) is 33.4 Å². The van der Waals surface area contributed by atoms with Crippen LogP contribution in [0.5, 0.6) is 11.5 Å². The van der Waals surface area contributed by atoms with E-state index < -0.39 is 0 Å². The Hall–Kier alpha value is -10.7. The summed E-state index contributed by atoms with van der Waals surface area (Å²) in [6.45, 7) is 14.2. The van der Waals surface area contributed by atoms with Crippen LogP contribution in [0, 0.1) is 0 Å². The summed E-state index contributed by atoms with van der Waals surface area (Å²) in [6.07, 6.45) is 3.84. The van der Waals surface area contributed by atoms with Crippen LogP contribution >= 0.6 is 0 Å². The normalized spacial score (nSPS) is 13.3. The highest BCUT2D eigenvalue weighted by molar-refractivity contribution is 6.12. The van der Waals surface area contributed by atoms with Crippen LogP contribution in [-0.2, 0) is 10.8 Å². The van der Waals surface area contributed by atoms with Crippen molar-refractivity contribution >= 4 is 78.8 Å². The third-order valence-electron chi connectivity index (χ3n) is 17.7. The van der Waals surface area contributed by atoms with E-state index in [2.05, 4.69) is 308 Å². The number of fused-ring (bicyclic) bond motifs is 14. The number of benzene rings is 10. The minimum Gasteiger partial charge on any atom is -0.457 e. The second-order valence-electron chi connectivity index (χ2n) is 25.1. The molecule has 0 radical (unpaired) electrons. The molecule has 0 aliphatic carbocycles. The van der Waals surface area contributed by atoms with Gasteiger partial charge in [-0.1, -0.05) is 187 Å². The molecule has 0 amide bonds. The van der Waals surface area contributed by atoms with Crippen LogP contribution in [0.15, 0.2) is 261 Å². The highest BCUT2D eigenvalue weighted by Crippen LogP contribution is 2.61. The minimum absolute atomic E-state index is 0.0451. The molecule has 0 atom stereocenters. The Labute approximate surface area is 508 Å². The van der Waals surface area contributed by atoms with Crippen molar-refractivity contribution in [3.63, 3.8) is 0 Å².